The Kier molecular flexibility index (Phi) is 6.39. The fourth-order valence-electron chi connectivity index (χ4n) is 3.45. The maximum Gasteiger partial charge on any atom is 0.253 e. The summed E-state index contributed by atoms with van der Waals surface area (Å²) >= 11 is 6.04. The monoisotopic (exact) mass is 391 g/mol. The minimum absolute atomic E-state index is 0.00431. The molecule has 1 fully saturated rings. The van der Waals surface area contributed by atoms with Crippen molar-refractivity contribution in [2.75, 3.05) is 52.4 Å². The van der Waals surface area contributed by atoms with Gasteiger partial charge in [-0.25, -0.2) is 0 Å². The van der Waals surface area contributed by atoms with Gasteiger partial charge in [0.2, 0.25) is 5.91 Å². The lowest BCUT2D eigenvalue weighted by atomic mass is 10.1. The number of fused-ring (bicyclic) bond motifs is 1. The number of amides is 2. The average Bonchev–Trinajstić information content (AvgIpc) is 2.68. The van der Waals surface area contributed by atoms with E-state index in [2.05, 4.69) is 4.90 Å². The number of ether oxygens (including phenoxy) is 1. The molecule has 0 unspecified atom stereocenters. The van der Waals surface area contributed by atoms with Crippen LogP contribution in [0, 0.1) is 0 Å². The molecule has 146 valence electrons. The summed E-state index contributed by atoms with van der Waals surface area (Å²) in [5.41, 5.74) is 1.47. The molecule has 0 radical (unpaired) electrons. The first-order valence-electron chi connectivity index (χ1n) is 9.44. The Hall–Kier alpha value is -2.05. The summed E-state index contributed by atoms with van der Waals surface area (Å²) in [6.45, 7) is 8.77. The number of rotatable bonds is 5. The van der Waals surface area contributed by atoms with E-state index in [1.54, 1.807) is 12.1 Å². The molecule has 3 rings (SSSR count). The number of carbonyl (C=O) groups excluding carboxylic acids is 2. The van der Waals surface area contributed by atoms with Gasteiger partial charge >= 0.3 is 0 Å². The van der Waals surface area contributed by atoms with E-state index in [0.29, 0.717) is 43.3 Å². The zero-order chi connectivity index (χ0) is 19.4. The molecule has 1 aromatic carbocycles. The molecule has 0 bridgehead atoms. The van der Waals surface area contributed by atoms with Crippen molar-refractivity contribution in [2.24, 2.45) is 0 Å². The number of nitrogens with zero attached hydrogens (tertiary/aromatic N) is 3. The van der Waals surface area contributed by atoms with Gasteiger partial charge in [0.1, 0.15) is 12.4 Å². The van der Waals surface area contributed by atoms with Crippen LogP contribution in [-0.2, 0) is 9.59 Å². The van der Waals surface area contributed by atoms with E-state index in [0.717, 1.165) is 24.4 Å². The molecule has 2 heterocycles. The fourth-order valence-corrected chi connectivity index (χ4v) is 3.63. The molecule has 0 aromatic heterocycles. The van der Waals surface area contributed by atoms with Crippen LogP contribution in [0.4, 0.5) is 0 Å². The standard InChI is InChI=1S/C20H26ClN3O3/c1-3-23(4-2)19(25)13-22-7-9-24(10-8-22)20(26)16-11-15-12-17(21)5-6-18(15)27-14-16/h5-6,11-12H,3-4,7-10,13-14H2,1-2H3. The quantitative estimate of drug-likeness (QED) is 0.771. The molecule has 1 saturated heterocycles. The first kappa shape index (κ1) is 19.7. The van der Waals surface area contributed by atoms with Crippen molar-refractivity contribution >= 4 is 29.5 Å². The first-order chi connectivity index (χ1) is 13.0. The van der Waals surface area contributed by atoms with Crippen LogP contribution in [0.2, 0.25) is 5.02 Å². The fraction of sp³-hybridized carbons (Fsp3) is 0.500. The van der Waals surface area contributed by atoms with Crippen LogP contribution >= 0.6 is 11.6 Å². The molecule has 27 heavy (non-hydrogen) atoms. The SMILES string of the molecule is CCN(CC)C(=O)CN1CCN(C(=O)C2=Cc3cc(Cl)ccc3OC2)CC1. The highest BCUT2D eigenvalue weighted by atomic mass is 35.5. The van der Waals surface area contributed by atoms with E-state index < -0.39 is 0 Å². The van der Waals surface area contributed by atoms with Gasteiger partial charge in [-0.05, 0) is 38.1 Å². The molecule has 0 spiro atoms. The van der Waals surface area contributed by atoms with Crippen molar-refractivity contribution in [3.63, 3.8) is 0 Å². The predicted molar refractivity (Wildman–Crippen MR) is 106 cm³/mol. The summed E-state index contributed by atoms with van der Waals surface area (Å²) in [4.78, 5) is 30.9. The lowest BCUT2D eigenvalue weighted by molar-refractivity contribution is -0.133. The van der Waals surface area contributed by atoms with Gasteiger partial charge in [0, 0.05) is 49.9 Å². The zero-order valence-electron chi connectivity index (χ0n) is 15.9. The third-order valence-corrected chi connectivity index (χ3v) is 5.33. The van der Waals surface area contributed by atoms with Crippen LogP contribution in [-0.4, -0.2) is 78.9 Å². The van der Waals surface area contributed by atoms with Gasteiger partial charge in [0.05, 0.1) is 12.1 Å². The second kappa shape index (κ2) is 8.76. The number of carbonyl (C=O) groups is 2. The largest absolute Gasteiger partial charge is 0.488 e. The molecule has 2 amide bonds. The smallest absolute Gasteiger partial charge is 0.253 e. The van der Waals surface area contributed by atoms with Gasteiger partial charge in [0.15, 0.2) is 0 Å². The summed E-state index contributed by atoms with van der Waals surface area (Å²) in [6, 6.07) is 5.40. The number of piperazine rings is 1. The normalized spacial score (nSPS) is 17.0. The van der Waals surface area contributed by atoms with Crippen LogP contribution < -0.4 is 4.74 Å². The summed E-state index contributed by atoms with van der Waals surface area (Å²) < 4.78 is 5.69. The Balaban J connectivity index is 1.57. The lowest BCUT2D eigenvalue weighted by Gasteiger charge is -2.36. The van der Waals surface area contributed by atoms with E-state index in [1.807, 2.05) is 35.8 Å². The summed E-state index contributed by atoms with van der Waals surface area (Å²) in [5.74, 6) is 0.891. The minimum atomic E-state index is -0.00431. The van der Waals surface area contributed by atoms with Gasteiger partial charge in [-0.1, -0.05) is 11.6 Å². The van der Waals surface area contributed by atoms with E-state index >= 15 is 0 Å². The summed E-state index contributed by atoms with van der Waals surface area (Å²) in [6.07, 6.45) is 1.86. The number of benzene rings is 1. The van der Waals surface area contributed by atoms with E-state index in [-0.39, 0.29) is 18.4 Å². The lowest BCUT2D eigenvalue weighted by Crippen LogP contribution is -2.52. The highest BCUT2D eigenvalue weighted by molar-refractivity contribution is 6.30. The Labute approximate surface area is 165 Å². The van der Waals surface area contributed by atoms with Crippen LogP contribution in [0.25, 0.3) is 6.08 Å². The molecule has 0 atom stereocenters. The Morgan fingerprint density at radius 3 is 2.52 bits per heavy atom. The maximum atomic E-state index is 12.8. The van der Waals surface area contributed by atoms with Crippen LogP contribution in [0.5, 0.6) is 5.75 Å². The second-order valence-electron chi connectivity index (χ2n) is 6.77. The number of hydrogen-bond acceptors (Lipinski definition) is 4. The molecule has 2 aliphatic heterocycles. The summed E-state index contributed by atoms with van der Waals surface area (Å²) in [5, 5.41) is 0.619. The molecular formula is C20H26ClN3O3. The second-order valence-corrected chi connectivity index (χ2v) is 7.21. The molecule has 0 saturated carbocycles. The molecule has 2 aliphatic rings. The molecule has 0 N–H and O–H groups in total. The minimum Gasteiger partial charge on any atom is -0.488 e. The number of likely N-dealkylation sites (N-methyl/N-ethyl adjacent to an activating group) is 1. The van der Waals surface area contributed by atoms with Crippen LogP contribution in [0.15, 0.2) is 23.8 Å². The Morgan fingerprint density at radius 2 is 1.85 bits per heavy atom. The molecule has 7 heteroatoms. The molecule has 0 aliphatic carbocycles. The van der Waals surface area contributed by atoms with Crippen LogP contribution in [0.3, 0.4) is 0 Å². The van der Waals surface area contributed by atoms with E-state index in [1.165, 1.54) is 0 Å². The van der Waals surface area contributed by atoms with Gasteiger partial charge in [-0.2, -0.15) is 0 Å². The van der Waals surface area contributed by atoms with Gasteiger partial charge in [0.25, 0.3) is 5.91 Å². The molecule has 6 nitrogen and oxygen atoms in total. The van der Waals surface area contributed by atoms with Crippen molar-refractivity contribution in [2.45, 2.75) is 13.8 Å². The van der Waals surface area contributed by atoms with E-state index in [9.17, 15) is 9.59 Å². The van der Waals surface area contributed by atoms with Gasteiger partial charge < -0.3 is 14.5 Å². The highest BCUT2D eigenvalue weighted by Gasteiger charge is 2.27. The van der Waals surface area contributed by atoms with Crippen molar-refractivity contribution in [1.82, 2.24) is 14.7 Å². The molecule has 1 aromatic rings. The summed E-state index contributed by atoms with van der Waals surface area (Å²) in [7, 11) is 0. The first-order valence-corrected chi connectivity index (χ1v) is 9.82. The van der Waals surface area contributed by atoms with Crippen molar-refractivity contribution in [1.29, 1.82) is 0 Å². The third-order valence-electron chi connectivity index (χ3n) is 5.09. The number of hydrogen-bond donors (Lipinski definition) is 0. The topological polar surface area (TPSA) is 53.1 Å². The predicted octanol–water partition coefficient (Wildman–Crippen LogP) is 2.13. The molecular weight excluding hydrogens is 366 g/mol. The van der Waals surface area contributed by atoms with Gasteiger partial charge in [-0.3, -0.25) is 14.5 Å². The van der Waals surface area contributed by atoms with E-state index in [4.69, 9.17) is 16.3 Å². The number of halogens is 1. The zero-order valence-corrected chi connectivity index (χ0v) is 16.7. The van der Waals surface area contributed by atoms with Crippen LogP contribution in [0.1, 0.15) is 19.4 Å². The van der Waals surface area contributed by atoms with Crippen molar-refractivity contribution < 1.29 is 14.3 Å². The van der Waals surface area contributed by atoms with Crippen molar-refractivity contribution in [3.8, 4) is 5.75 Å². The Morgan fingerprint density at radius 1 is 1.15 bits per heavy atom. The Bertz CT molecular complexity index is 738. The highest BCUT2D eigenvalue weighted by Crippen LogP contribution is 2.29. The maximum absolute atomic E-state index is 12.8. The third kappa shape index (κ3) is 4.62. The van der Waals surface area contributed by atoms with Crippen molar-refractivity contribution in [3.05, 3.63) is 34.4 Å². The van der Waals surface area contributed by atoms with Gasteiger partial charge in [-0.15, -0.1) is 0 Å². The average molecular weight is 392 g/mol.